The average Bonchev–Trinajstić information content (AvgIpc) is 3.17. The molecule has 362 valence electrons. The summed E-state index contributed by atoms with van der Waals surface area (Å²) in [5.74, 6) is 0.117. The number of carboxylic acids is 1. The lowest BCUT2D eigenvalue weighted by atomic mass is 10.1. The van der Waals surface area contributed by atoms with Gasteiger partial charge >= 0.3 is 23.8 Å². The van der Waals surface area contributed by atoms with Gasteiger partial charge in [0.15, 0.2) is 6.10 Å². The fourth-order valence-corrected chi connectivity index (χ4v) is 5.28. The molecule has 0 saturated heterocycles. The summed E-state index contributed by atoms with van der Waals surface area (Å²) in [5, 5.41) is 16.3. The van der Waals surface area contributed by atoms with Crippen LogP contribution < -0.4 is 41.6 Å². The fraction of sp³-hybridized carbons (Fsp3) is 0.475. The molecule has 0 radical (unpaired) electrons. The smallest absolute Gasteiger partial charge is 0.431 e. The Balaban J connectivity index is 0.000000593. The van der Waals surface area contributed by atoms with Crippen molar-refractivity contribution in [3.05, 3.63) is 91.5 Å². The number of nitrogens with one attached hydrogen (secondary N) is 3. The minimum absolute atomic E-state index is 0.0779. The van der Waals surface area contributed by atoms with Crippen molar-refractivity contribution in [3.63, 3.8) is 0 Å². The molecule has 0 amide bonds. The van der Waals surface area contributed by atoms with Crippen LogP contribution in [-0.2, 0) is 56.0 Å². The van der Waals surface area contributed by atoms with E-state index in [1.54, 1.807) is 6.92 Å². The molecule has 4 aromatic rings. The fourth-order valence-electron chi connectivity index (χ4n) is 4.72. The molecular weight excluding hydrogens is 924 g/mol. The highest BCUT2D eigenvalue weighted by Crippen LogP contribution is 2.28. The third-order valence-electron chi connectivity index (χ3n) is 7.49. The van der Waals surface area contributed by atoms with Crippen LogP contribution in [0.5, 0.6) is 11.5 Å². The van der Waals surface area contributed by atoms with Crippen molar-refractivity contribution in [1.29, 1.82) is 0 Å². The van der Waals surface area contributed by atoms with Gasteiger partial charge in [0, 0.05) is 30.8 Å². The van der Waals surface area contributed by atoms with Crippen LogP contribution in [0.3, 0.4) is 0 Å². The number of nitrogens with zero attached hydrogens (tertiary/aromatic N) is 5. The Morgan fingerprint density at radius 3 is 2.08 bits per heavy atom. The largest absolute Gasteiger partial charge is 0.778 e. The second-order valence-electron chi connectivity index (χ2n) is 14.9. The highest BCUT2D eigenvalue weighted by Gasteiger charge is 2.35. The second kappa shape index (κ2) is 26.7. The molecule has 2 unspecified atom stereocenters. The molecule has 0 aliphatic rings. The minimum Gasteiger partial charge on any atom is -0.778 e. The number of aryl methyl sites for hydroxylation is 1. The maximum absolute atomic E-state index is 13.1. The molecule has 0 spiro atoms. The highest BCUT2D eigenvalue weighted by atomic mass is 35.5. The number of anilines is 2. The van der Waals surface area contributed by atoms with Crippen LogP contribution in [0.25, 0.3) is 5.69 Å². The zero-order valence-corrected chi connectivity index (χ0v) is 40.4. The van der Waals surface area contributed by atoms with E-state index in [4.69, 9.17) is 35.8 Å². The first-order valence-corrected chi connectivity index (χ1v) is 24.0. The van der Waals surface area contributed by atoms with E-state index >= 15 is 0 Å². The number of hydrogen-bond acceptors (Lipinski definition) is 15. The molecule has 2 atom stereocenters. The molecule has 65 heavy (non-hydrogen) atoms. The van der Waals surface area contributed by atoms with E-state index in [-0.39, 0.29) is 23.1 Å². The van der Waals surface area contributed by atoms with Crippen molar-refractivity contribution in [2.45, 2.75) is 72.4 Å². The van der Waals surface area contributed by atoms with Gasteiger partial charge in [-0.2, -0.15) is 28.1 Å². The van der Waals surface area contributed by atoms with Gasteiger partial charge in [-0.1, -0.05) is 19.1 Å². The quantitative estimate of drug-likeness (QED) is 0.0626. The molecular formula is C40H57ClF3N8O11PS. The summed E-state index contributed by atoms with van der Waals surface area (Å²) in [6, 6.07) is 11.7. The summed E-state index contributed by atoms with van der Waals surface area (Å²) >= 11 is 5.77. The van der Waals surface area contributed by atoms with E-state index in [2.05, 4.69) is 44.4 Å². The summed E-state index contributed by atoms with van der Waals surface area (Å²) in [6.45, 7) is 11.9. The van der Waals surface area contributed by atoms with Crippen LogP contribution in [0.4, 0.5) is 25.1 Å². The van der Waals surface area contributed by atoms with Gasteiger partial charge in [-0.15, -0.1) is 0 Å². The van der Waals surface area contributed by atoms with E-state index in [0.717, 1.165) is 25.6 Å². The Bertz CT molecular complexity index is 2320. The van der Waals surface area contributed by atoms with E-state index in [0.29, 0.717) is 55.1 Å². The van der Waals surface area contributed by atoms with Crippen LogP contribution in [0.15, 0.2) is 58.1 Å². The lowest BCUT2D eigenvalue weighted by molar-refractivity contribution is -0.193. The number of carbonyl (C=O) groups excluding carboxylic acids is 1. The van der Waals surface area contributed by atoms with Gasteiger partial charge in [0.2, 0.25) is 17.2 Å². The SMILES string of the molecule is CCNc1nc(Cl)nc(NC(C)(C)C)n1.CCc1ccc(COc2ccc(-n3c(=O)cc(C(F)(F)F)n(C)c3=O)cc2)c(OC(C)C(=O)OC)c1.C[S+](C)C.O=C(O)CNCP(=O)([O-])O. The Morgan fingerprint density at radius 1 is 1.00 bits per heavy atom. The molecule has 0 aliphatic carbocycles. The summed E-state index contributed by atoms with van der Waals surface area (Å²) in [5.41, 5.74) is -1.91. The van der Waals surface area contributed by atoms with Crippen LogP contribution in [0.2, 0.25) is 5.28 Å². The number of aliphatic carboxylic acids is 1. The number of rotatable bonds is 15. The number of esters is 1. The molecule has 5 N–H and O–H groups in total. The summed E-state index contributed by atoms with van der Waals surface area (Å²) < 4.78 is 66.4. The number of hydrogen-bond donors (Lipinski definition) is 5. The van der Waals surface area contributed by atoms with Crippen molar-refractivity contribution < 1.29 is 56.4 Å². The zero-order valence-electron chi connectivity index (χ0n) is 37.9. The number of ether oxygens (including phenoxy) is 3. The Kier molecular flexibility index (Phi) is 23.7. The van der Waals surface area contributed by atoms with Gasteiger partial charge in [0.1, 0.15) is 31.4 Å². The topological polar surface area (TPSA) is 261 Å². The van der Waals surface area contributed by atoms with Crippen LogP contribution >= 0.6 is 19.2 Å². The van der Waals surface area contributed by atoms with Crippen LogP contribution in [-0.4, -0.2) is 103 Å². The molecule has 0 bridgehead atoms. The molecule has 25 heteroatoms. The number of carbonyl (C=O) groups is 2. The highest BCUT2D eigenvalue weighted by molar-refractivity contribution is 7.94. The van der Waals surface area contributed by atoms with Gasteiger partial charge in [-0.05, 0) is 99.4 Å². The molecule has 2 heterocycles. The molecule has 0 saturated carbocycles. The molecule has 0 aliphatic heterocycles. The standard InChI is InChI=1S/C25H25F3N2O6.C9H16ClN5.C3H8NO5P.C3H9S/c1-5-16-6-7-17(20(12-16)36-15(2)23(32)34-4)14-35-19-10-8-18(9-11-19)30-22(31)13-21(25(26,27)28)29(3)24(30)33;1-5-11-7-12-6(10)13-8(14-7)15-9(2,3)4;5-3(6)1-4-2-10(7,8)9;1-4(2)3/h6-13,15H,5,14H2,1-4H3;5H2,1-4H3,(H2,11,12,13,14,15);4H,1-2H2,(H,5,6)(H2,7,8,9);1-3H3/q;;;+1/p-1. The second-order valence-corrected chi connectivity index (χ2v) is 19.3. The lowest BCUT2D eigenvalue weighted by Gasteiger charge is -2.20. The Labute approximate surface area is 382 Å². The maximum atomic E-state index is 13.1. The summed E-state index contributed by atoms with van der Waals surface area (Å²) in [7, 11) is -1.49. The van der Waals surface area contributed by atoms with E-state index in [9.17, 15) is 41.8 Å². The van der Waals surface area contributed by atoms with Crippen molar-refractivity contribution >= 4 is 53.9 Å². The predicted molar refractivity (Wildman–Crippen MR) is 242 cm³/mol. The number of halogens is 4. The summed E-state index contributed by atoms with van der Waals surface area (Å²) in [4.78, 5) is 76.4. The molecule has 2 aromatic heterocycles. The van der Waals surface area contributed by atoms with Gasteiger partial charge < -0.3 is 44.3 Å². The van der Waals surface area contributed by atoms with Gasteiger partial charge in [-0.3, -0.25) is 19.5 Å². The summed E-state index contributed by atoms with van der Waals surface area (Å²) in [6.07, 6.45) is 0.967. The number of methoxy groups -OCH3 is 1. The lowest BCUT2D eigenvalue weighted by Crippen LogP contribution is -2.40. The maximum Gasteiger partial charge on any atom is 0.431 e. The molecule has 4 rings (SSSR count). The number of alkyl halides is 3. The zero-order chi connectivity index (χ0) is 49.9. The van der Waals surface area contributed by atoms with E-state index < -0.39 is 61.6 Å². The first kappa shape index (κ1) is 57.8. The molecule has 2 aromatic carbocycles. The first-order chi connectivity index (χ1) is 30.0. The normalized spacial score (nSPS) is 12.4. The number of carboxylic acid groups (broad SMARTS) is 1. The van der Waals surface area contributed by atoms with Gasteiger partial charge in [0.05, 0.1) is 44.4 Å². The average molecular weight is 981 g/mol. The van der Waals surface area contributed by atoms with Gasteiger partial charge in [-0.25, -0.2) is 14.2 Å². The van der Waals surface area contributed by atoms with Gasteiger partial charge in [0.25, 0.3) is 5.56 Å². The number of benzene rings is 2. The Morgan fingerprint density at radius 2 is 1.58 bits per heavy atom. The molecule has 19 nitrogen and oxygen atoms in total. The van der Waals surface area contributed by atoms with Crippen molar-refractivity contribution in [1.82, 2.24) is 29.4 Å². The minimum atomic E-state index is -4.84. The van der Waals surface area contributed by atoms with Crippen LogP contribution in [0.1, 0.15) is 58.4 Å². The third-order valence-corrected chi connectivity index (χ3v) is 8.29. The third kappa shape index (κ3) is 22.5. The van der Waals surface area contributed by atoms with Crippen molar-refractivity contribution in [2.75, 3.05) is 55.9 Å². The first-order valence-electron chi connectivity index (χ1n) is 19.4. The van der Waals surface area contributed by atoms with E-state index in [1.807, 2.05) is 58.1 Å². The van der Waals surface area contributed by atoms with Crippen molar-refractivity contribution in [3.8, 4) is 17.2 Å². The molecule has 0 fully saturated rings. The van der Waals surface area contributed by atoms with Crippen LogP contribution in [0, 0.1) is 0 Å². The number of aromatic nitrogens is 5. The van der Waals surface area contributed by atoms with Crippen molar-refractivity contribution in [2.24, 2.45) is 7.05 Å². The monoisotopic (exact) mass is 980 g/mol. The van der Waals surface area contributed by atoms with E-state index in [1.165, 1.54) is 31.4 Å². The predicted octanol–water partition coefficient (Wildman–Crippen LogP) is 4.46. The Hall–Kier alpha value is -5.19.